The molecule has 0 saturated carbocycles. The van der Waals surface area contributed by atoms with Gasteiger partial charge in [-0.15, -0.1) is 0 Å². The van der Waals surface area contributed by atoms with E-state index in [-0.39, 0.29) is 6.42 Å². The highest BCUT2D eigenvalue weighted by Gasteiger charge is 2.30. The summed E-state index contributed by atoms with van der Waals surface area (Å²) < 4.78 is 21.4. The first-order valence-electron chi connectivity index (χ1n) is 7.25. The van der Waals surface area contributed by atoms with Crippen molar-refractivity contribution in [2.75, 3.05) is 21.3 Å². The Bertz CT molecular complexity index is 747. The molecular formula is C17H22O6. The summed E-state index contributed by atoms with van der Waals surface area (Å²) in [5.41, 5.74) is -0.117. The van der Waals surface area contributed by atoms with Gasteiger partial charge in [-0.05, 0) is 19.9 Å². The second kappa shape index (κ2) is 6.60. The Morgan fingerprint density at radius 2 is 1.91 bits per heavy atom. The average Bonchev–Trinajstić information content (AvgIpc) is 2.53. The van der Waals surface area contributed by atoms with Gasteiger partial charge >= 0.3 is 5.63 Å². The maximum absolute atomic E-state index is 11.4. The van der Waals surface area contributed by atoms with Crippen molar-refractivity contribution in [3.05, 3.63) is 34.2 Å². The fraction of sp³-hybridized carbons (Fsp3) is 0.471. The molecule has 0 fully saturated rings. The van der Waals surface area contributed by atoms with E-state index in [9.17, 15) is 9.90 Å². The molecule has 0 bridgehead atoms. The minimum atomic E-state index is -0.775. The van der Waals surface area contributed by atoms with Crippen molar-refractivity contribution in [1.82, 2.24) is 0 Å². The molecule has 2 rings (SSSR count). The van der Waals surface area contributed by atoms with Gasteiger partial charge in [0.05, 0.1) is 31.3 Å². The number of benzene rings is 1. The van der Waals surface area contributed by atoms with Crippen LogP contribution in [-0.2, 0) is 11.2 Å². The van der Waals surface area contributed by atoms with Crippen molar-refractivity contribution in [2.24, 2.45) is 0 Å². The van der Waals surface area contributed by atoms with E-state index in [1.54, 1.807) is 33.1 Å². The zero-order chi connectivity index (χ0) is 17.2. The summed E-state index contributed by atoms with van der Waals surface area (Å²) in [6, 6.07) is 4.59. The molecule has 1 unspecified atom stereocenters. The van der Waals surface area contributed by atoms with Gasteiger partial charge in [0, 0.05) is 31.2 Å². The lowest BCUT2D eigenvalue weighted by molar-refractivity contribution is -0.0767. The average molecular weight is 322 g/mol. The number of rotatable bonds is 6. The Morgan fingerprint density at radius 1 is 1.22 bits per heavy atom. The lowest BCUT2D eigenvalue weighted by atomic mass is 9.93. The number of ether oxygens (including phenoxy) is 3. The van der Waals surface area contributed by atoms with Crippen LogP contribution in [0.25, 0.3) is 11.0 Å². The van der Waals surface area contributed by atoms with Gasteiger partial charge in [-0.1, -0.05) is 0 Å². The Morgan fingerprint density at radius 3 is 2.48 bits per heavy atom. The predicted molar refractivity (Wildman–Crippen MR) is 86.4 cm³/mol. The molecule has 1 atom stereocenters. The van der Waals surface area contributed by atoms with E-state index in [1.807, 2.05) is 0 Å². The van der Waals surface area contributed by atoms with Gasteiger partial charge in [-0.2, -0.15) is 0 Å². The molecule has 1 aromatic heterocycles. The molecule has 0 saturated heterocycles. The molecule has 0 amide bonds. The summed E-state index contributed by atoms with van der Waals surface area (Å²) in [5.74, 6) is 0.990. The Kier molecular flexibility index (Phi) is 4.97. The highest BCUT2D eigenvalue weighted by Crippen LogP contribution is 2.38. The third-order valence-electron chi connectivity index (χ3n) is 4.09. The number of aliphatic hydroxyl groups excluding tert-OH is 1. The van der Waals surface area contributed by atoms with Crippen LogP contribution in [0.2, 0.25) is 0 Å². The van der Waals surface area contributed by atoms with E-state index < -0.39 is 17.3 Å². The minimum Gasteiger partial charge on any atom is -0.496 e. The Labute approximate surface area is 134 Å². The van der Waals surface area contributed by atoms with Crippen LogP contribution < -0.4 is 15.1 Å². The first-order valence-corrected chi connectivity index (χ1v) is 7.25. The first-order chi connectivity index (χ1) is 10.8. The van der Waals surface area contributed by atoms with Crippen molar-refractivity contribution in [1.29, 1.82) is 0 Å². The summed E-state index contributed by atoms with van der Waals surface area (Å²) in [7, 11) is 4.59. The van der Waals surface area contributed by atoms with Gasteiger partial charge in [0.15, 0.2) is 0 Å². The third kappa shape index (κ3) is 3.33. The number of aliphatic hydroxyl groups is 1. The van der Waals surface area contributed by atoms with Crippen molar-refractivity contribution in [3.63, 3.8) is 0 Å². The number of hydrogen-bond donors (Lipinski definition) is 1. The molecule has 1 N–H and O–H groups in total. The van der Waals surface area contributed by atoms with Crippen LogP contribution in [0, 0.1) is 0 Å². The van der Waals surface area contributed by atoms with Gasteiger partial charge in [0.25, 0.3) is 0 Å². The van der Waals surface area contributed by atoms with Crippen molar-refractivity contribution in [3.8, 4) is 11.5 Å². The maximum atomic E-state index is 11.4. The molecule has 0 radical (unpaired) electrons. The fourth-order valence-corrected chi connectivity index (χ4v) is 2.39. The SMILES string of the molecule is COc1cc2oc(=O)ccc2c(OC)c1CC(O)C(C)(C)OC. The summed E-state index contributed by atoms with van der Waals surface area (Å²) in [4.78, 5) is 11.4. The fourth-order valence-electron chi connectivity index (χ4n) is 2.39. The highest BCUT2D eigenvalue weighted by molar-refractivity contribution is 5.87. The van der Waals surface area contributed by atoms with Gasteiger partial charge < -0.3 is 23.7 Å². The molecular weight excluding hydrogens is 300 g/mol. The summed E-state index contributed by atoms with van der Waals surface area (Å²) >= 11 is 0. The zero-order valence-electron chi connectivity index (χ0n) is 14.0. The van der Waals surface area contributed by atoms with Crippen LogP contribution in [-0.4, -0.2) is 38.1 Å². The molecule has 0 aliphatic rings. The number of hydrogen-bond acceptors (Lipinski definition) is 6. The van der Waals surface area contributed by atoms with Crippen molar-refractivity contribution >= 4 is 11.0 Å². The summed E-state index contributed by atoms with van der Waals surface area (Å²) in [5, 5.41) is 11.1. The molecule has 6 heteroatoms. The highest BCUT2D eigenvalue weighted by atomic mass is 16.5. The van der Waals surface area contributed by atoms with Crippen molar-refractivity contribution < 1.29 is 23.7 Å². The molecule has 0 aliphatic heterocycles. The Balaban J connectivity index is 2.62. The smallest absolute Gasteiger partial charge is 0.336 e. The zero-order valence-corrected chi connectivity index (χ0v) is 14.0. The first kappa shape index (κ1) is 17.3. The summed E-state index contributed by atoms with van der Waals surface area (Å²) in [6.07, 6.45) is -0.508. The van der Waals surface area contributed by atoms with Crippen LogP contribution in [0.5, 0.6) is 11.5 Å². The van der Waals surface area contributed by atoms with E-state index in [0.717, 1.165) is 0 Å². The quantitative estimate of drug-likeness (QED) is 0.821. The molecule has 0 aliphatic carbocycles. The van der Waals surface area contributed by atoms with Gasteiger partial charge in [-0.25, -0.2) is 4.79 Å². The van der Waals surface area contributed by atoms with E-state index in [2.05, 4.69) is 0 Å². The van der Waals surface area contributed by atoms with Gasteiger partial charge in [-0.3, -0.25) is 0 Å². The normalized spacial score (nSPS) is 13.1. The third-order valence-corrected chi connectivity index (χ3v) is 4.09. The van der Waals surface area contributed by atoms with E-state index >= 15 is 0 Å². The lowest BCUT2D eigenvalue weighted by Gasteiger charge is -2.30. The Hall–Kier alpha value is -2.05. The van der Waals surface area contributed by atoms with E-state index in [1.165, 1.54) is 20.3 Å². The molecule has 126 valence electrons. The molecule has 1 aromatic carbocycles. The molecule has 6 nitrogen and oxygen atoms in total. The number of methoxy groups -OCH3 is 3. The van der Waals surface area contributed by atoms with Crippen LogP contribution >= 0.6 is 0 Å². The van der Waals surface area contributed by atoms with Crippen LogP contribution in [0.3, 0.4) is 0 Å². The lowest BCUT2D eigenvalue weighted by Crippen LogP contribution is -2.39. The largest absolute Gasteiger partial charge is 0.496 e. The van der Waals surface area contributed by atoms with Crippen molar-refractivity contribution in [2.45, 2.75) is 32.0 Å². The second-order valence-corrected chi connectivity index (χ2v) is 5.78. The maximum Gasteiger partial charge on any atom is 0.336 e. The number of fused-ring (bicyclic) bond motifs is 1. The molecule has 2 aromatic rings. The van der Waals surface area contributed by atoms with Crippen LogP contribution in [0.1, 0.15) is 19.4 Å². The topological polar surface area (TPSA) is 78.1 Å². The standard InChI is InChI=1S/C17H22O6/c1-17(2,22-5)14(18)8-11-12(20-3)9-13-10(16(11)21-4)6-7-15(19)23-13/h6-7,9,14,18H,8H2,1-5H3. The van der Waals surface area contributed by atoms with E-state index in [4.69, 9.17) is 18.6 Å². The monoisotopic (exact) mass is 322 g/mol. The molecule has 0 spiro atoms. The van der Waals surface area contributed by atoms with Gasteiger partial charge in [0.1, 0.15) is 17.1 Å². The van der Waals surface area contributed by atoms with Crippen LogP contribution in [0.4, 0.5) is 0 Å². The molecule has 23 heavy (non-hydrogen) atoms. The molecule has 1 heterocycles. The predicted octanol–water partition coefficient (Wildman–Crippen LogP) is 2.14. The van der Waals surface area contributed by atoms with Gasteiger partial charge in [0.2, 0.25) is 0 Å². The van der Waals surface area contributed by atoms with E-state index in [0.29, 0.717) is 28.0 Å². The summed E-state index contributed by atoms with van der Waals surface area (Å²) in [6.45, 7) is 3.60. The second-order valence-electron chi connectivity index (χ2n) is 5.78. The van der Waals surface area contributed by atoms with Crippen LogP contribution in [0.15, 0.2) is 27.4 Å². The minimum absolute atomic E-state index is 0.266.